The van der Waals surface area contributed by atoms with E-state index in [2.05, 4.69) is 25.0 Å². The van der Waals surface area contributed by atoms with Gasteiger partial charge in [-0.15, -0.1) is 0 Å². The Balaban J connectivity index is 1.74. The SMILES string of the molecule is COc1cccc2c1nc(C(F)F)n2-c1nc(-c2cnn(C(=O)[O-])c2)nc(N2CCOCC2)n1. The molecule has 1 aliphatic rings. The number of fused-ring (bicyclic) bond motifs is 1. The molecular formula is C20H17F2N8O4-. The largest absolute Gasteiger partial charge is 0.528 e. The van der Waals surface area contributed by atoms with Crippen molar-refractivity contribution in [3.8, 4) is 23.1 Å². The summed E-state index contributed by atoms with van der Waals surface area (Å²) in [6.07, 6.45) is -2.08. The highest BCUT2D eigenvalue weighted by atomic mass is 19.3. The maximum absolute atomic E-state index is 14.1. The summed E-state index contributed by atoms with van der Waals surface area (Å²) < 4.78 is 40.5. The van der Waals surface area contributed by atoms with Crippen LogP contribution in [0.4, 0.5) is 19.5 Å². The van der Waals surface area contributed by atoms with Crippen molar-refractivity contribution < 1.29 is 28.2 Å². The monoisotopic (exact) mass is 471 g/mol. The van der Waals surface area contributed by atoms with E-state index in [-0.39, 0.29) is 28.8 Å². The van der Waals surface area contributed by atoms with Gasteiger partial charge in [-0.25, -0.2) is 18.4 Å². The lowest BCUT2D eigenvalue weighted by Gasteiger charge is -2.27. The molecule has 5 rings (SSSR count). The summed E-state index contributed by atoms with van der Waals surface area (Å²) >= 11 is 0. The van der Waals surface area contributed by atoms with E-state index in [1.54, 1.807) is 18.2 Å². The number of hydrogen-bond acceptors (Lipinski definition) is 10. The molecule has 0 amide bonds. The fraction of sp³-hybridized carbons (Fsp3) is 0.300. The van der Waals surface area contributed by atoms with Crippen LogP contribution in [-0.4, -0.2) is 73.8 Å². The Morgan fingerprint density at radius 1 is 1.15 bits per heavy atom. The van der Waals surface area contributed by atoms with Crippen LogP contribution in [-0.2, 0) is 4.74 Å². The van der Waals surface area contributed by atoms with Crippen LogP contribution < -0.4 is 14.7 Å². The number of halogens is 2. The molecule has 1 saturated heterocycles. The second-order valence-electron chi connectivity index (χ2n) is 7.23. The summed E-state index contributed by atoms with van der Waals surface area (Å²) in [5.74, 6) is -0.108. The number of carboxylic acid groups (broad SMARTS) is 1. The fourth-order valence-electron chi connectivity index (χ4n) is 3.64. The summed E-state index contributed by atoms with van der Waals surface area (Å²) in [6, 6.07) is 4.85. The summed E-state index contributed by atoms with van der Waals surface area (Å²) in [4.78, 5) is 30.3. The van der Waals surface area contributed by atoms with Crippen LogP contribution in [0.15, 0.2) is 30.6 Å². The Labute approximate surface area is 190 Å². The van der Waals surface area contributed by atoms with Gasteiger partial charge < -0.3 is 24.3 Å². The van der Waals surface area contributed by atoms with Crippen LogP contribution in [0.5, 0.6) is 5.75 Å². The molecule has 4 heterocycles. The molecule has 0 saturated carbocycles. The first-order chi connectivity index (χ1) is 16.5. The molecule has 0 bridgehead atoms. The number of rotatable bonds is 5. The molecule has 0 N–H and O–H groups in total. The zero-order valence-corrected chi connectivity index (χ0v) is 17.8. The third kappa shape index (κ3) is 3.77. The molecule has 0 spiro atoms. The third-order valence-corrected chi connectivity index (χ3v) is 5.22. The van der Waals surface area contributed by atoms with Crippen molar-refractivity contribution in [2.45, 2.75) is 6.43 Å². The van der Waals surface area contributed by atoms with Crippen molar-refractivity contribution in [2.75, 3.05) is 38.3 Å². The Kier molecular flexibility index (Phi) is 5.49. The van der Waals surface area contributed by atoms with Gasteiger partial charge in [0.05, 0.1) is 37.6 Å². The van der Waals surface area contributed by atoms with Crippen LogP contribution in [0.1, 0.15) is 12.2 Å². The average molecular weight is 471 g/mol. The number of hydrogen-bond donors (Lipinski definition) is 0. The molecule has 0 unspecified atom stereocenters. The minimum atomic E-state index is -2.94. The minimum Gasteiger partial charge on any atom is -0.528 e. The van der Waals surface area contributed by atoms with Gasteiger partial charge in [-0.3, -0.25) is 4.57 Å². The molecule has 34 heavy (non-hydrogen) atoms. The predicted molar refractivity (Wildman–Crippen MR) is 111 cm³/mol. The van der Waals surface area contributed by atoms with Crippen LogP contribution >= 0.6 is 0 Å². The number of imidazole rings is 1. The number of alkyl halides is 2. The normalized spacial score (nSPS) is 14.2. The quantitative estimate of drug-likeness (QED) is 0.415. The Hall–Kier alpha value is -4.20. The summed E-state index contributed by atoms with van der Waals surface area (Å²) in [7, 11) is 1.42. The standard InChI is InChI=1S/C20H18F2N8O4/c1-33-13-4-2-3-12-14(13)24-17(15(21)22)30(12)19-26-16(11-9-23-29(10-11)20(31)32)25-18(27-19)28-5-7-34-8-6-28/h2-4,9-10,15H,5-8H2,1H3,(H,31,32)/p-1. The Morgan fingerprint density at radius 3 is 2.59 bits per heavy atom. The third-order valence-electron chi connectivity index (χ3n) is 5.22. The second-order valence-corrected chi connectivity index (χ2v) is 7.23. The molecule has 176 valence electrons. The summed E-state index contributed by atoms with van der Waals surface area (Å²) in [6.45, 7) is 1.82. The van der Waals surface area contributed by atoms with Crippen molar-refractivity contribution in [3.63, 3.8) is 0 Å². The summed E-state index contributed by atoms with van der Waals surface area (Å²) in [5.41, 5.74) is 0.771. The summed E-state index contributed by atoms with van der Waals surface area (Å²) in [5, 5.41) is 14.9. The molecule has 14 heteroatoms. The maximum Gasteiger partial charge on any atom is 0.296 e. The van der Waals surface area contributed by atoms with Crippen LogP contribution in [0.2, 0.25) is 0 Å². The predicted octanol–water partition coefficient (Wildman–Crippen LogP) is 1.05. The highest BCUT2D eigenvalue weighted by Crippen LogP contribution is 2.32. The van der Waals surface area contributed by atoms with Crippen LogP contribution in [0.3, 0.4) is 0 Å². The number of anilines is 1. The van der Waals surface area contributed by atoms with Gasteiger partial charge >= 0.3 is 0 Å². The van der Waals surface area contributed by atoms with Gasteiger partial charge in [-0.2, -0.15) is 20.1 Å². The van der Waals surface area contributed by atoms with Crippen molar-refractivity contribution >= 4 is 23.1 Å². The average Bonchev–Trinajstić information content (AvgIpc) is 3.50. The molecular weight excluding hydrogens is 454 g/mol. The van der Waals surface area contributed by atoms with E-state index in [1.165, 1.54) is 19.5 Å². The first-order valence-corrected chi connectivity index (χ1v) is 10.2. The molecule has 3 aromatic heterocycles. The molecule has 0 radical (unpaired) electrons. The van der Waals surface area contributed by atoms with Crippen molar-refractivity contribution in [2.24, 2.45) is 0 Å². The topological polar surface area (TPSA) is 136 Å². The van der Waals surface area contributed by atoms with E-state index >= 15 is 0 Å². The van der Waals surface area contributed by atoms with Gasteiger partial charge in [0, 0.05) is 19.3 Å². The van der Waals surface area contributed by atoms with E-state index in [1.807, 2.05) is 4.90 Å². The van der Waals surface area contributed by atoms with Gasteiger partial charge in [0.2, 0.25) is 11.9 Å². The van der Waals surface area contributed by atoms with Crippen molar-refractivity contribution in [1.82, 2.24) is 34.3 Å². The molecule has 0 atom stereocenters. The van der Waals surface area contributed by atoms with Gasteiger partial charge in [0.1, 0.15) is 11.3 Å². The number of morpholine rings is 1. The first-order valence-electron chi connectivity index (χ1n) is 10.2. The number of ether oxygens (including phenoxy) is 2. The van der Waals surface area contributed by atoms with Crippen LogP contribution in [0, 0.1) is 0 Å². The van der Waals surface area contributed by atoms with E-state index in [0.29, 0.717) is 42.3 Å². The first kappa shape index (κ1) is 21.6. The van der Waals surface area contributed by atoms with Gasteiger partial charge in [0.15, 0.2) is 17.7 Å². The number of nitrogens with zero attached hydrogens (tertiary/aromatic N) is 8. The lowest BCUT2D eigenvalue weighted by atomic mass is 10.3. The number of benzene rings is 1. The Bertz CT molecular complexity index is 1370. The number of carbonyl (C=O) groups excluding carboxylic acids is 1. The minimum absolute atomic E-state index is 0.0453. The smallest absolute Gasteiger partial charge is 0.296 e. The molecule has 1 aliphatic heterocycles. The fourth-order valence-corrected chi connectivity index (χ4v) is 3.64. The van der Waals surface area contributed by atoms with Crippen LogP contribution in [0.25, 0.3) is 28.4 Å². The second kappa shape index (κ2) is 8.62. The molecule has 1 fully saturated rings. The zero-order chi connectivity index (χ0) is 23.8. The van der Waals surface area contributed by atoms with Gasteiger partial charge in [-0.05, 0) is 12.1 Å². The van der Waals surface area contributed by atoms with E-state index in [4.69, 9.17) is 9.47 Å². The lowest BCUT2D eigenvalue weighted by Crippen LogP contribution is -2.37. The van der Waals surface area contributed by atoms with E-state index in [9.17, 15) is 18.7 Å². The van der Waals surface area contributed by atoms with Crippen molar-refractivity contribution in [1.29, 1.82) is 0 Å². The lowest BCUT2D eigenvalue weighted by molar-refractivity contribution is -0.251. The molecule has 1 aromatic carbocycles. The number of aromatic nitrogens is 7. The highest BCUT2D eigenvalue weighted by Gasteiger charge is 2.26. The maximum atomic E-state index is 14.1. The Morgan fingerprint density at radius 2 is 1.91 bits per heavy atom. The van der Waals surface area contributed by atoms with Gasteiger partial charge in [-0.1, -0.05) is 6.07 Å². The van der Waals surface area contributed by atoms with E-state index < -0.39 is 18.3 Å². The zero-order valence-electron chi connectivity index (χ0n) is 17.8. The number of para-hydroxylation sites is 1. The molecule has 0 aliphatic carbocycles. The molecule has 4 aromatic rings. The van der Waals surface area contributed by atoms with Crippen molar-refractivity contribution in [3.05, 3.63) is 36.4 Å². The number of methoxy groups -OCH3 is 1. The van der Waals surface area contributed by atoms with Gasteiger partial charge in [0.25, 0.3) is 6.43 Å². The highest BCUT2D eigenvalue weighted by molar-refractivity contribution is 5.84. The molecule has 12 nitrogen and oxygen atoms in total. The van der Waals surface area contributed by atoms with E-state index in [0.717, 1.165) is 4.57 Å². The number of carbonyl (C=O) groups is 1.